The Bertz CT molecular complexity index is 1160. The first kappa shape index (κ1) is 21.7. The summed E-state index contributed by atoms with van der Waals surface area (Å²) in [6.07, 6.45) is 11.1. The van der Waals surface area contributed by atoms with Crippen LogP contribution >= 0.6 is 0 Å². The normalized spacial score (nSPS) is 25.5. The van der Waals surface area contributed by atoms with Crippen LogP contribution in [-0.2, 0) is 11.2 Å². The van der Waals surface area contributed by atoms with Crippen molar-refractivity contribution < 1.29 is 4.74 Å². The maximum absolute atomic E-state index is 6.15. The molecule has 3 atom stereocenters. The SMILES string of the molecule is C[C@@H]1CC(CN)CCN1c1cnc2c(N3CCCc4ncccc43)nn(C3CCCCO3)c2n1. The van der Waals surface area contributed by atoms with Gasteiger partial charge in [-0.15, -0.1) is 5.10 Å². The quantitative estimate of drug-likeness (QED) is 0.628. The van der Waals surface area contributed by atoms with E-state index in [1.165, 1.54) is 0 Å². The molecule has 2 N–H and O–H groups in total. The summed E-state index contributed by atoms with van der Waals surface area (Å²) in [5.74, 6) is 2.36. The van der Waals surface area contributed by atoms with E-state index in [4.69, 9.17) is 25.5 Å². The molecule has 0 spiro atoms. The predicted octanol–water partition coefficient (Wildman–Crippen LogP) is 3.57. The second-order valence-electron chi connectivity index (χ2n) is 9.88. The van der Waals surface area contributed by atoms with Crippen molar-refractivity contribution in [3.63, 3.8) is 0 Å². The van der Waals surface area contributed by atoms with Gasteiger partial charge in [0.25, 0.3) is 0 Å². The highest BCUT2D eigenvalue weighted by atomic mass is 16.5. The van der Waals surface area contributed by atoms with Crippen molar-refractivity contribution in [2.75, 3.05) is 36.0 Å². The molecular formula is C25H34N8O. The highest BCUT2D eigenvalue weighted by Gasteiger charge is 2.31. The number of ether oxygens (including phenoxy) is 1. The van der Waals surface area contributed by atoms with Crippen molar-refractivity contribution in [1.82, 2.24) is 24.7 Å². The van der Waals surface area contributed by atoms with Crippen molar-refractivity contribution in [2.24, 2.45) is 11.7 Å². The molecule has 34 heavy (non-hydrogen) atoms. The fourth-order valence-corrected chi connectivity index (χ4v) is 5.76. The van der Waals surface area contributed by atoms with Crippen molar-refractivity contribution in [3.05, 3.63) is 30.2 Å². The van der Waals surface area contributed by atoms with Gasteiger partial charge in [0.1, 0.15) is 5.82 Å². The molecule has 0 bridgehead atoms. The molecule has 6 rings (SSSR count). The summed E-state index contributed by atoms with van der Waals surface area (Å²) in [5, 5.41) is 5.10. The topological polar surface area (TPSA) is 98.2 Å². The molecule has 2 saturated heterocycles. The molecule has 2 fully saturated rings. The molecule has 6 heterocycles. The number of hydrogen-bond acceptors (Lipinski definition) is 8. The molecule has 0 radical (unpaired) electrons. The van der Waals surface area contributed by atoms with Crippen molar-refractivity contribution in [2.45, 2.75) is 64.1 Å². The highest BCUT2D eigenvalue weighted by Crippen LogP contribution is 2.37. The molecule has 0 aromatic carbocycles. The minimum atomic E-state index is -0.104. The summed E-state index contributed by atoms with van der Waals surface area (Å²) in [5.41, 5.74) is 9.83. The molecule has 3 aliphatic rings. The molecule has 0 aliphatic carbocycles. The third-order valence-electron chi connectivity index (χ3n) is 7.62. The molecule has 3 aromatic heterocycles. The first-order valence-electron chi connectivity index (χ1n) is 12.8. The van der Waals surface area contributed by atoms with Crippen LogP contribution in [0.1, 0.15) is 57.4 Å². The van der Waals surface area contributed by atoms with E-state index < -0.39 is 0 Å². The lowest BCUT2D eigenvalue weighted by atomic mass is 9.92. The van der Waals surface area contributed by atoms with Crippen LogP contribution in [0.3, 0.4) is 0 Å². The average Bonchev–Trinajstić information content (AvgIpc) is 3.27. The van der Waals surface area contributed by atoms with E-state index in [1.807, 2.05) is 23.1 Å². The van der Waals surface area contributed by atoms with Crippen LogP contribution in [-0.4, -0.2) is 57.0 Å². The molecule has 180 valence electrons. The summed E-state index contributed by atoms with van der Waals surface area (Å²) in [4.78, 5) is 19.4. The fourth-order valence-electron chi connectivity index (χ4n) is 5.76. The number of aryl methyl sites for hydroxylation is 1. The minimum Gasteiger partial charge on any atom is -0.356 e. The van der Waals surface area contributed by atoms with Crippen LogP contribution in [0.2, 0.25) is 0 Å². The largest absolute Gasteiger partial charge is 0.356 e. The Labute approximate surface area is 200 Å². The first-order valence-corrected chi connectivity index (χ1v) is 12.8. The first-order chi connectivity index (χ1) is 16.7. The van der Waals surface area contributed by atoms with Gasteiger partial charge < -0.3 is 20.3 Å². The summed E-state index contributed by atoms with van der Waals surface area (Å²) in [6.45, 7) is 5.62. The zero-order valence-corrected chi connectivity index (χ0v) is 19.9. The Morgan fingerprint density at radius 2 is 2.09 bits per heavy atom. The van der Waals surface area contributed by atoms with Gasteiger partial charge in [0.15, 0.2) is 23.2 Å². The van der Waals surface area contributed by atoms with Crippen molar-refractivity contribution in [1.29, 1.82) is 0 Å². The Balaban J connectivity index is 1.43. The molecule has 2 unspecified atom stereocenters. The van der Waals surface area contributed by atoms with Crippen LogP contribution < -0.4 is 15.5 Å². The van der Waals surface area contributed by atoms with Gasteiger partial charge in [-0.1, -0.05) is 0 Å². The van der Waals surface area contributed by atoms with Gasteiger partial charge in [-0.2, -0.15) is 0 Å². The van der Waals surface area contributed by atoms with E-state index in [0.29, 0.717) is 12.0 Å². The van der Waals surface area contributed by atoms with Crippen molar-refractivity contribution in [3.8, 4) is 0 Å². The molecular weight excluding hydrogens is 428 g/mol. The number of nitrogens with zero attached hydrogens (tertiary/aromatic N) is 7. The third kappa shape index (κ3) is 3.80. The molecule has 3 aromatic rings. The van der Waals surface area contributed by atoms with Crippen molar-refractivity contribution >= 4 is 28.5 Å². The standard InChI is InChI=1S/C25H34N8O/c1-17-14-18(15-26)9-12-31(17)21-16-28-23-24(29-21)33(22-8-2-3-13-34-22)30-25(23)32-11-5-6-19-20(32)7-4-10-27-19/h4,7,10,16-18,22H,2-3,5-6,8-9,11-15,26H2,1H3/t17-,18?,22?/m1/s1. The Morgan fingerprint density at radius 3 is 2.91 bits per heavy atom. The minimum absolute atomic E-state index is 0.104. The second kappa shape index (κ2) is 9.11. The molecule has 0 amide bonds. The second-order valence-corrected chi connectivity index (χ2v) is 9.88. The zero-order chi connectivity index (χ0) is 23.1. The number of hydrogen-bond donors (Lipinski definition) is 1. The van der Waals surface area contributed by atoms with Crippen LogP contribution in [0.15, 0.2) is 24.5 Å². The number of piperidine rings is 1. The lowest BCUT2D eigenvalue weighted by Gasteiger charge is -2.38. The smallest absolute Gasteiger partial charge is 0.183 e. The van der Waals surface area contributed by atoms with Gasteiger partial charge in [-0.25, -0.2) is 14.6 Å². The van der Waals surface area contributed by atoms with Crippen LogP contribution in [0.25, 0.3) is 11.2 Å². The van der Waals surface area contributed by atoms with E-state index in [1.54, 1.807) is 0 Å². The number of pyridine rings is 1. The number of nitrogens with two attached hydrogens (primary N) is 1. The lowest BCUT2D eigenvalue weighted by molar-refractivity contribution is -0.0368. The van der Waals surface area contributed by atoms with Gasteiger partial charge in [-0.05, 0) is 76.5 Å². The fraction of sp³-hybridized carbons (Fsp3) is 0.600. The van der Waals surface area contributed by atoms with Gasteiger partial charge >= 0.3 is 0 Å². The third-order valence-corrected chi connectivity index (χ3v) is 7.62. The van der Waals surface area contributed by atoms with Gasteiger partial charge in [0, 0.05) is 31.9 Å². The molecule has 9 heteroatoms. The van der Waals surface area contributed by atoms with Crippen LogP contribution in [0, 0.1) is 5.92 Å². The van der Waals surface area contributed by atoms with Crippen LogP contribution in [0.5, 0.6) is 0 Å². The Hall–Kier alpha value is -2.78. The molecule has 9 nitrogen and oxygen atoms in total. The van der Waals surface area contributed by atoms with E-state index >= 15 is 0 Å². The number of fused-ring (bicyclic) bond motifs is 2. The van der Waals surface area contributed by atoms with Crippen LogP contribution in [0.4, 0.5) is 17.3 Å². The summed E-state index contributed by atoms with van der Waals surface area (Å²) in [6, 6.07) is 4.52. The monoisotopic (exact) mass is 462 g/mol. The number of aromatic nitrogens is 5. The molecule has 0 saturated carbocycles. The zero-order valence-electron chi connectivity index (χ0n) is 19.9. The van der Waals surface area contributed by atoms with E-state index in [-0.39, 0.29) is 6.23 Å². The number of rotatable bonds is 4. The maximum Gasteiger partial charge on any atom is 0.183 e. The average molecular weight is 463 g/mol. The lowest BCUT2D eigenvalue weighted by Crippen LogP contribution is -2.43. The summed E-state index contributed by atoms with van der Waals surface area (Å²) < 4.78 is 8.14. The number of anilines is 3. The van der Waals surface area contributed by atoms with E-state index in [0.717, 1.165) is 105 Å². The predicted molar refractivity (Wildman–Crippen MR) is 132 cm³/mol. The van der Waals surface area contributed by atoms with E-state index in [9.17, 15) is 0 Å². The Morgan fingerprint density at radius 1 is 1.15 bits per heavy atom. The maximum atomic E-state index is 6.15. The molecule has 3 aliphatic heterocycles. The highest BCUT2D eigenvalue weighted by molar-refractivity contribution is 5.88. The van der Waals surface area contributed by atoms with Gasteiger partial charge in [0.2, 0.25) is 0 Å². The Kier molecular flexibility index (Phi) is 5.82. The van der Waals surface area contributed by atoms with Gasteiger partial charge in [0.05, 0.1) is 17.6 Å². The van der Waals surface area contributed by atoms with Gasteiger partial charge in [-0.3, -0.25) is 4.98 Å². The van der Waals surface area contributed by atoms with E-state index in [2.05, 4.69) is 27.8 Å². The summed E-state index contributed by atoms with van der Waals surface area (Å²) in [7, 11) is 0. The summed E-state index contributed by atoms with van der Waals surface area (Å²) >= 11 is 0.